The van der Waals surface area contributed by atoms with Crippen LogP contribution in [0.15, 0.2) is 30.7 Å². The SMILES string of the molecule is CCCCOc1ncccc1CNC(=O)Cn1ccnc1C(C)C. The van der Waals surface area contributed by atoms with Crippen LogP contribution in [0.5, 0.6) is 5.88 Å². The molecule has 0 saturated carbocycles. The molecule has 0 aliphatic rings. The van der Waals surface area contributed by atoms with E-state index in [1.165, 1.54) is 0 Å². The van der Waals surface area contributed by atoms with Crippen molar-refractivity contribution in [1.82, 2.24) is 19.9 Å². The van der Waals surface area contributed by atoms with Gasteiger partial charge in [0.15, 0.2) is 0 Å². The smallest absolute Gasteiger partial charge is 0.240 e. The van der Waals surface area contributed by atoms with Gasteiger partial charge in [0.05, 0.1) is 6.61 Å². The molecule has 0 bridgehead atoms. The molecule has 1 N–H and O–H groups in total. The molecule has 2 aromatic heterocycles. The van der Waals surface area contributed by atoms with Crippen LogP contribution >= 0.6 is 0 Å². The van der Waals surface area contributed by atoms with E-state index < -0.39 is 0 Å². The van der Waals surface area contributed by atoms with Crippen LogP contribution in [0.4, 0.5) is 0 Å². The number of rotatable bonds is 9. The molecular formula is C18H26N4O2. The van der Waals surface area contributed by atoms with Gasteiger partial charge in [0.1, 0.15) is 12.4 Å². The summed E-state index contributed by atoms with van der Waals surface area (Å²) in [5, 5.41) is 2.93. The van der Waals surface area contributed by atoms with E-state index in [1.807, 2.05) is 22.9 Å². The molecule has 2 rings (SSSR count). The van der Waals surface area contributed by atoms with Crippen molar-refractivity contribution in [2.45, 2.75) is 52.6 Å². The number of nitrogens with zero attached hydrogens (tertiary/aromatic N) is 3. The Morgan fingerprint density at radius 3 is 2.92 bits per heavy atom. The molecule has 0 aromatic carbocycles. The van der Waals surface area contributed by atoms with E-state index >= 15 is 0 Å². The molecule has 0 fully saturated rings. The number of hydrogen-bond donors (Lipinski definition) is 1. The number of aromatic nitrogens is 3. The van der Waals surface area contributed by atoms with E-state index in [2.05, 4.69) is 36.1 Å². The maximum Gasteiger partial charge on any atom is 0.240 e. The Morgan fingerprint density at radius 2 is 2.17 bits per heavy atom. The third-order valence-electron chi connectivity index (χ3n) is 3.64. The van der Waals surface area contributed by atoms with Crippen molar-refractivity contribution in [3.05, 3.63) is 42.1 Å². The summed E-state index contributed by atoms with van der Waals surface area (Å²) in [5.74, 6) is 1.73. The van der Waals surface area contributed by atoms with Crippen LogP contribution in [0.1, 0.15) is 50.9 Å². The number of imidazole rings is 1. The van der Waals surface area contributed by atoms with Crippen molar-refractivity contribution in [3.63, 3.8) is 0 Å². The van der Waals surface area contributed by atoms with Crippen LogP contribution in [0, 0.1) is 0 Å². The van der Waals surface area contributed by atoms with E-state index in [0.29, 0.717) is 19.0 Å². The second-order valence-electron chi connectivity index (χ2n) is 6.01. The first-order valence-corrected chi connectivity index (χ1v) is 8.46. The quantitative estimate of drug-likeness (QED) is 0.718. The van der Waals surface area contributed by atoms with Crippen LogP contribution in [-0.2, 0) is 17.9 Å². The summed E-state index contributed by atoms with van der Waals surface area (Å²) >= 11 is 0. The fraction of sp³-hybridized carbons (Fsp3) is 0.500. The van der Waals surface area contributed by atoms with Gasteiger partial charge in [0, 0.05) is 36.6 Å². The Kier molecular flexibility index (Phi) is 6.78. The second-order valence-corrected chi connectivity index (χ2v) is 6.01. The first-order chi connectivity index (χ1) is 11.6. The van der Waals surface area contributed by atoms with E-state index in [9.17, 15) is 4.79 Å². The molecule has 0 spiro atoms. The lowest BCUT2D eigenvalue weighted by atomic mass is 10.2. The Morgan fingerprint density at radius 1 is 1.33 bits per heavy atom. The van der Waals surface area contributed by atoms with Crippen molar-refractivity contribution < 1.29 is 9.53 Å². The van der Waals surface area contributed by atoms with Gasteiger partial charge in [-0.25, -0.2) is 9.97 Å². The third-order valence-corrected chi connectivity index (χ3v) is 3.64. The average Bonchev–Trinajstić information content (AvgIpc) is 3.02. The first kappa shape index (κ1) is 18.0. The minimum Gasteiger partial charge on any atom is -0.477 e. The third kappa shape index (κ3) is 5.08. The maximum atomic E-state index is 12.2. The van der Waals surface area contributed by atoms with Crippen LogP contribution in [-0.4, -0.2) is 27.0 Å². The lowest BCUT2D eigenvalue weighted by Crippen LogP contribution is -2.28. The molecule has 1 amide bonds. The van der Waals surface area contributed by atoms with Gasteiger partial charge in [0.2, 0.25) is 11.8 Å². The highest BCUT2D eigenvalue weighted by Gasteiger charge is 2.11. The summed E-state index contributed by atoms with van der Waals surface area (Å²) in [6.07, 6.45) is 7.32. The summed E-state index contributed by atoms with van der Waals surface area (Å²) in [4.78, 5) is 20.8. The van der Waals surface area contributed by atoms with Crippen molar-refractivity contribution in [3.8, 4) is 5.88 Å². The summed E-state index contributed by atoms with van der Waals surface area (Å²) in [6.45, 7) is 7.55. The van der Waals surface area contributed by atoms with Crippen molar-refractivity contribution >= 4 is 5.91 Å². The zero-order chi connectivity index (χ0) is 17.4. The number of carbonyl (C=O) groups excluding carboxylic acids is 1. The van der Waals surface area contributed by atoms with Crippen LogP contribution in [0.2, 0.25) is 0 Å². The number of nitrogens with one attached hydrogen (secondary N) is 1. The molecule has 130 valence electrons. The van der Waals surface area contributed by atoms with Gasteiger partial charge in [-0.15, -0.1) is 0 Å². The van der Waals surface area contributed by atoms with Gasteiger partial charge in [-0.2, -0.15) is 0 Å². The van der Waals surface area contributed by atoms with Crippen molar-refractivity contribution in [2.24, 2.45) is 0 Å². The van der Waals surface area contributed by atoms with E-state index in [1.54, 1.807) is 12.4 Å². The molecule has 0 unspecified atom stereocenters. The highest BCUT2D eigenvalue weighted by molar-refractivity contribution is 5.75. The summed E-state index contributed by atoms with van der Waals surface area (Å²) < 4.78 is 7.57. The molecule has 6 heteroatoms. The minimum atomic E-state index is -0.0572. The molecule has 0 saturated heterocycles. The molecule has 24 heavy (non-hydrogen) atoms. The van der Waals surface area contributed by atoms with Gasteiger partial charge in [-0.1, -0.05) is 33.3 Å². The van der Waals surface area contributed by atoms with Crippen LogP contribution in [0.3, 0.4) is 0 Å². The largest absolute Gasteiger partial charge is 0.477 e. The van der Waals surface area contributed by atoms with E-state index in [4.69, 9.17) is 4.74 Å². The lowest BCUT2D eigenvalue weighted by molar-refractivity contribution is -0.121. The number of unbranched alkanes of at least 4 members (excludes halogenated alkanes) is 1. The molecule has 0 aliphatic heterocycles. The topological polar surface area (TPSA) is 69.0 Å². The van der Waals surface area contributed by atoms with Gasteiger partial charge in [-0.05, 0) is 12.5 Å². The standard InChI is InChI=1S/C18H26N4O2/c1-4-5-11-24-18-15(7-6-8-20-18)12-21-16(23)13-22-10-9-19-17(22)14(2)3/h6-10,14H,4-5,11-13H2,1-3H3,(H,21,23). The zero-order valence-electron chi connectivity index (χ0n) is 14.7. The first-order valence-electron chi connectivity index (χ1n) is 8.46. The van der Waals surface area contributed by atoms with Gasteiger partial charge in [0.25, 0.3) is 0 Å². The highest BCUT2D eigenvalue weighted by Crippen LogP contribution is 2.15. The molecular weight excluding hydrogens is 304 g/mol. The zero-order valence-corrected chi connectivity index (χ0v) is 14.7. The van der Waals surface area contributed by atoms with Crippen molar-refractivity contribution in [1.29, 1.82) is 0 Å². The van der Waals surface area contributed by atoms with Crippen LogP contribution in [0.25, 0.3) is 0 Å². The van der Waals surface area contributed by atoms with Gasteiger partial charge >= 0.3 is 0 Å². The maximum absolute atomic E-state index is 12.2. The van der Waals surface area contributed by atoms with Gasteiger partial charge in [-0.3, -0.25) is 4.79 Å². The summed E-state index contributed by atoms with van der Waals surface area (Å²) in [7, 11) is 0. The van der Waals surface area contributed by atoms with Crippen LogP contribution < -0.4 is 10.1 Å². The molecule has 2 heterocycles. The molecule has 0 aliphatic carbocycles. The molecule has 6 nitrogen and oxygen atoms in total. The molecule has 0 atom stereocenters. The van der Waals surface area contributed by atoms with Crippen molar-refractivity contribution in [2.75, 3.05) is 6.61 Å². The number of pyridine rings is 1. The fourth-order valence-electron chi connectivity index (χ4n) is 2.36. The molecule has 0 radical (unpaired) electrons. The summed E-state index contributed by atoms with van der Waals surface area (Å²) in [6, 6.07) is 3.77. The number of ether oxygens (including phenoxy) is 1. The second kappa shape index (κ2) is 9.05. The van der Waals surface area contributed by atoms with E-state index in [0.717, 1.165) is 24.2 Å². The monoisotopic (exact) mass is 330 g/mol. The Hall–Kier alpha value is -2.37. The number of amides is 1. The molecule has 2 aromatic rings. The predicted octanol–water partition coefficient (Wildman–Crippen LogP) is 2.90. The Labute approximate surface area is 143 Å². The summed E-state index contributed by atoms with van der Waals surface area (Å²) in [5.41, 5.74) is 0.886. The predicted molar refractivity (Wildman–Crippen MR) is 92.8 cm³/mol. The average molecular weight is 330 g/mol. The normalized spacial score (nSPS) is 10.8. The highest BCUT2D eigenvalue weighted by atomic mass is 16.5. The Balaban J connectivity index is 1.91. The van der Waals surface area contributed by atoms with E-state index in [-0.39, 0.29) is 18.4 Å². The number of carbonyl (C=O) groups is 1. The fourth-order valence-corrected chi connectivity index (χ4v) is 2.36. The number of hydrogen-bond acceptors (Lipinski definition) is 4. The Bertz CT molecular complexity index is 652. The minimum absolute atomic E-state index is 0.0572. The lowest BCUT2D eigenvalue weighted by Gasteiger charge is -2.12. The van der Waals surface area contributed by atoms with Gasteiger partial charge < -0.3 is 14.6 Å².